The van der Waals surface area contributed by atoms with Crippen molar-refractivity contribution >= 4 is 11.0 Å². The number of benzene rings is 2. The lowest BCUT2D eigenvalue weighted by Crippen LogP contribution is -2.48. The molecule has 0 aliphatic carbocycles. The molecule has 2 atom stereocenters. The lowest BCUT2D eigenvalue weighted by molar-refractivity contribution is -0.111. The van der Waals surface area contributed by atoms with Crippen molar-refractivity contribution in [1.29, 1.82) is 0 Å². The maximum Gasteiger partial charge on any atom is 0.200 e. The lowest BCUT2D eigenvalue weighted by Gasteiger charge is -2.40. The van der Waals surface area contributed by atoms with E-state index in [4.69, 9.17) is 9.15 Å². The van der Waals surface area contributed by atoms with Crippen LogP contribution in [0.2, 0.25) is 0 Å². The summed E-state index contributed by atoms with van der Waals surface area (Å²) in [5.74, 6) is 0.478. The van der Waals surface area contributed by atoms with Crippen molar-refractivity contribution in [3.63, 3.8) is 0 Å². The second kappa shape index (κ2) is 5.59. The molecule has 0 fully saturated rings. The van der Waals surface area contributed by atoms with Gasteiger partial charge in [-0.3, -0.25) is 4.79 Å². The fourth-order valence-electron chi connectivity index (χ4n) is 3.25. The molecule has 4 rings (SSSR count). The molecule has 1 aliphatic rings. The standard InChI is InChI=1S/C20H18O6/c1-20(2)19(24)18(23)13-7-10(3-6-15(13)26-20)14-9-25-16-8-11(21)4-5-12(16)17(14)22/h3-9,18-19,21,23-24H,1-2H3/t18-,19+/m1/s1. The summed E-state index contributed by atoms with van der Waals surface area (Å²) in [6.07, 6.45) is -0.901. The van der Waals surface area contributed by atoms with Gasteiger partial charge in [-0.2, -0.15) is 0 Å². The molecule has 3 aromatic rings. The van der Waals surface area contributed by atoms with E-state index in [9.17, 15) is 20.1 Å². The zero-order valence-corrected chi connectivity index (χ0v) is 14.3. The maximum atomic E-state index is 12.8. The Morgan fingerprint density at radius 2 is 1.85 bits per heavy atom. The quantitative estimate of drug-likeness (QED) is 0.621. The third-order valence-corrected chi connectivity index (χ3v) is 4.78. The molecule has 6 nitrogen and oxygen atoms in total. The van der Waals surface area contributed by atoms with E-state index in [0.29, 0.717) is 27.8 Å². The van der Waals surface area contributed by atoms with Crippen LogP contribution in [-0.2, 0) is 0 Å². The first-order valence-electron chi connectivity index (χ1n) is 8.22. The molecular weight excluding hydrogens is 336 g/mol. The van der Waals surface area contributed by atoms with E-state index in [-0.39, 0.29) is 16.8 Å². The average molecular weight is 354 g/mol. The van der Waals surface area contributed by atoms with Crippen LogP contribution in [-0.4, -0.2) is 27.0 Å². The lowest BCUT2D eigenvalue weighted by atomic mass is 9.87. The number of ether oxygens (including phenoxy) is 1. The summed E-state index contributed by atoms with van der Waals surface area (Å²) in [4.78, 5) is 12.8. The summed E-state index contributed by atoms with van der Waals surface area (Å²) in [5, 5.41) is 30.6. The number of phenolic OH excluding ortho intramolecular Hbond substituents is 1. The summed E-state index contributed by atoms with van der Waals surface area (Å²) in [5.41, 5.74) is 0.396. The highest BCUT2D eigenvalue weighted by Crippen LogP contribution is 2.41. The predicted octanol–water partition coefficient (Wildman–Crippen LogP) is 2.73. The van der Waals surface area contributed by atoms with Crippen LogP contribution in [0.5, 0.6) is 11.5 Å². The predicted molar refractivity (Wildman–Crippen MR) is 95.3 cm³/mol. The number of phenols is 1. The third-order valence-electron chi connectivity index (χ3n) is 4.78. The summed E-state index contributed by atoms with van der Waals surface area (Å²) < 4.78 is 11.2. The third kappa shape index (κ3) is 2.46. The van der Waals surface area contributed by atoms with Gasteiger partial charge in [-0.15, -0.1) is 0 Å². The smallest absolute Gasteiger partial charge is 0.200 e. The van der Waals surface area contributed by atoms with Gasteiger partial charge in [0.05, 0.1) is 10.9 Å². The van der Waals surface area contributed by atoms with Crippen LogP contribution in [0.25, 0.3) is 22.1 Å². The van der Waals surface area contributed by atoms with Crippen molar-refractivity contribution in [3.05, 3.63) is 58.4 Å². The molecule has 0 unspecified atom stereocenters. The Morgan fingerprint density at radius 1 is 1.08 bits per heavy atom. The Labute approximate surface area is 148 Å². The fourth-order valence-corrected chi connectivity index (χ4v) is 3.25. The van der Waals surface area contributed by atoms with Crippen LogP contribution in [0.3, 0.4) is 0 Å². The topological polar surface area (TPSA) is 100 Å². The molecule has 0 spiro atoms. The minimum absolute atomic E-state index is 0.0130. The van der Waals surface area contributed by atoms with Gasteiger partial charge in [-0.05, 0) is 43.7 Å². The second-order valence-corrected chi connectivity index (χ2v) is 7.01. The van der Waals surface area contributed by atoms with E-state index in [1.807, 2.05) is 0 Å². The first-order valence-corrected chi connectivity index (χ1v) is 8.22. The molecule has 0 bridgehead atoms. The molecule has 0 radical (unpaired) electrons. The van der Waals surface area contributed by atoms with Gasteiger partial charge in [-0.25, -0.2) is 0 Å². The van der Waals surface area contributed by atoms with Crippen LogP contribution >= 0.6 is 0 Å². The van der Waals surface area contributed by atoms with Crippen LogP contribution in [0.15, 0.2) is 51.9 Å². The fraction of sp³-hybridized carbons (Fsp3) is 0.250. The Morgan fingerprint density at radius 3 is 2.62 bits per heavy atom. The maximum absolute atomic E-state index is 12.8. The number of hydrogen-bond acceptors (Lipinski definition) is 6. The molecule has 0 saturated carbocycles. The van der Waals surface area contributed by atoms with Crippen LogP contribution in [0.4, 0.5) is 0 Å². The second-order valence-electron chi connectivity index (χ2n) is 7.01. The molecule has 134 valence electrons. The van der Waals surface area contributed by atoms with Crippen molar-refractivity contribution < 1.29 is 24.5 Å². The Hall–Kier alpha value is -2.83. The Bertz CT molecular complexity index is 1070. The van der Waals surface area contributed by atoms with E-state index in [1.165, 1.54) is 24.5 Å². The van der Waals surface area contributed by atoms with Crippen LogP contribution < -0.4 is 10.2 Å². The molecule has 3 N–H and O–H groups in total. The molecule has 6 heteroatoms. The van der Waals surface area contributed by atoms with Gasteiger partial charge in [0.1, 0.15) is 41.2 Å². The highest BCUT2D eigenvalue weighted by atomic mass is 16.5. The minimum atomic E-state index is -1.13. The average Bonchev–Trinajstić information content (AvgIpc) is 2.60. The van der Waals surface area contributed by atoms with E-state index in [2.05, 4.69) is 0 Å². The van der Waals surface area contributed by atoms with Crippen LogP contribution in [0, 0.1) is 0 Å². The van der Waals surface area contributed by atoms with Crippen LogP contribution in [0.1, 0.15) is 25.5 Å². The SMILES string of the molecule is CC1(C)Oc2ccc(-c3coc4cc(O)ccc4c3=O)cc2[C@@H](O)[C@@H]1O. The number of hydrogen-bond donors (Lipinski definition) is 3. The van der Waals surface area contributed by atoms with E-state index < -0.39 is 17.8 Å². The minimum Gasteiger partial charge on any atom is -0.508 e. The number of aliphatic hydroxyl groups is 2. The van der Waals surface area contributed by atoms with Crippen molar-refractivity contribution in [2.45, 2.75) is 31.7 Å². The molecule has 0 saturated heterocycles. The van der Waals surface area contributed by atoms with Gasteiger partial charge >= 0.3 is 0 Å². The van der Waals surface area contributed by atoms with Gasteiger partial charge in [0.2, 0.25) is 0 Å². The molecule has 0 amide bonds. The first-order chi connectivity index (χ1) is 12.3. The summed E-state index contributed by atoms with van der Waals surface area (Å²) in [6, 6.07) is 9.30. The zero-order valence-electron chi connectivity index (χ0n) is 14.3. The van der Waals surface area contributed by atoms with Crippen molar-refractivity contribution in [2.24, 2.45) is 0 Å². The molecule has 2 aromatic carbocycles. The Balaban J connectivity index is 1.86. The summed E-state index contributed by atoms with van der Waals surface area (Å²) in [6.45, 7) is 3.40. The number of aromatic hydroxyl groups is 1. The highest BCUT2D eigenvalue weighted by Gasteiger charge is 2.42. The van der Waals surface area contributed by atoms with Gasteiger partial charge in [0.15, 0.2) is 5.43 Å². The first kappa shape index (κ1) is 16.6. The monoisotopic (exact) mass is 354 g/mol. The molecule has 1 aliphatic heterocycles. The largest absolute Gasteiger partial charge is 0.508 e. The van der Waals surface area contributed by atoms with Crippen molar-refractivity contribution in [1.82, 2.24) is 0 Å². The number of aliphatic hydroxyl groups excluding tert-OH is 2. The van der Waals surface area contributed by atoms with Crippen molar-refractivity contribution in [3.8, 4) is 22.6 Å². The molecule has 2 heterocycles. The van der Waals surface area contributed by atoms with Gasteiger partial charge in [0, 0.05) is 11.6 Å². The molecule has 26 heavy (non-hydrogen) atoms. The highest BCUT2D eigenvalue weighted by molar-refractivity contribution is 5.82. The summed E-state index contributed by atoms with van der Waals surface area (Å²) in [7, 11) is 0. The van der Waals surface area contributed by atoms with E-state index >= 15 is 0 Å². The normalized spacial score (nSPS) is 21.2. The molecular formula is C20H18O6. The van der Waals surface area contributed by atoms with Crippen molar-refractivity contribution in [2.75, 3.05) is 0 Å². The zero-order chi connectivity index (χ0) is 18.6. The van der Waals surface area contributed by atoms with Gasteiger partial charge in [0.25, 0.3) is 0 Å². The number of fused-ring (bicyclic) bond motifs is 2. The number of rotatable bonds is 1. The van der Waals surface area contributed by atoms with Gasteiger partial charge in [-0.1, -0.05) is 6.07 Å². The molecule has 1 aromatic heterocycles. The van der Waals surface area contributed by atoms with E-state index in [1.54, 1.807) is 32.0 Å². The Kier molecular flexibility index (Phi) is 3.57. The van der Waals surface area contributed by atoms with E-state index in [0.717, 1.165) is 0 Å². The summed E-state index contributed by atoms with van der Waals surface area (Å²) >= 11 is 0. The van der Waals surface area contributed by atoms with Gasteiger partial charge < -0.3 is 24.5 Å².